The van der Waals surface area contributed by atoms with Crippen LogP contribution in [0.15, 0.2) is 75.9 Å². The van der Waals surface area contributed by atoms with Gasteiger partial charge in [0.2, 0.25) is 5.76 Å². The van der Waals surface area contributed by atoms with Crippen molar-refractivity contribution in [3.05, 3.63) is 104 Å². The monoisotopic (exact) mass is 431 g/mol. The molecule has 6 heteroatoms. The van der Waals surface area contributed by atoms with Gasteiger partial charge < -0.3 is 9.52 Å². The number of carbonyl (C=O) groups excluding carboxylic acids is 1. The van der Waals surface area contributed by atoms with Gasteiger partial charge >= 0.3 is 0 Å². The first-order chi connectivity index (χ1) is 15.0. The first-order valence-corrected chi connectivity index (χ1v) is 10.3. The Morgan fingerprint density at radius 3 is 2.39 bits per heavy atom. The summed E-state index contributed by atoms with van der Waals surface area (Å²) in [4.78, 5) is 28.6. The molecule has 154 valence electrons. The van der Waals surface area contributed by atoms with Gasteiger partial charge in [-0.15, -0.1) is 0 Å². The van der Waals surface area contributed by atoms with Crippen molar-refractivity contribution >= 4 is 34.2 Å². The largest absolute Gasteiger partial charge is 0.508 e. The zero-order valence-electron chi connectivity index (χ0n) is 16.6. The standard InChI is InChI=1S/C25H18ClNO4/c1-2-14-3-8-17(9-4-14)27-22(15-5-10-18(28)11-6-15)21-23(29)19-13-16(26)7-12-20(19)31-24(21)25(27)30/h3-13,22,28H,2H2,1H3. The van der Waals surface area contributed by atoms with Crippen molar-refractivity contribution in [2.75, 3.05) is 4.90 Å². The van der Waals surface area contributed by atoms with E-state index in [1.165, 1.54) is 12.1 Å². The van der Waals surface area contributed by atoms with Gasteiger partial charge in [0.05, 0.1) is 17.0 Å². The molecule has 0 fully saturated rings. The third-order valence-electron chi connectivity index (χ3n) is 5.66. The maximum Gasteiger partial charge on any atom is 0.295 e. The molecule has 31 heavy (non-hydrogen) atoms. The average Bonchev–Trinajstić information content (AvgIpc) is 3.07. The van der Waals surface area contributed by atoms with E-state index in [0.717, 1.165) is 12.0 Å². The topological polar surface area (TPSA) is 70.8 Å². The molecule has 0 saturated carbocycles. The quantitative estimate of drug-likeness (QED) is 0.467. The van der Waals surface area contributed by atoms with Crippen molar-refractivity contribution in [3.63, 3.8) is 0 Å². The van der Waals surface area contributed by atoms with Gasteiger partial charge in [-0.05, 0) is 60.0 Å². The molecule has 5 rings (SSSR count). The number of aryl methyl sites for hydroxylation is 1. The molecular weight excluding hydrogens is 414 g/mol. The Labute approximate surface area is 183 Å². The highest BCUT2D eigenvalue weighted by Gasteiger charge is 2.43. The Morgan fingerprint density at radius 1 is 1.00 bits per heavy atom. The first-order valence-electron chi connectivity index (χ1n) is 9.95. The minimum atomic E-state index is -0.685. The maximum absolute atomic E-state index is 13.5. The highest BCUT2D eigenvalue weighted by molar-refractivity contribution is 6.31. The van der Waals surface area contributed by atoms with Crippen LogP contribution < -0.4 is 10.3 Å². The number of amides is 1. The summed E-state index contributed by atoms with van der Waals surface area (Å²) in [7, 11) is 0. The number of aromatic hydroxyl groups is 1. The van der Waals surface area contributed by atoms with Gasteiger partial charge in [-0.1, -0.05) is 42.8 Å². The van der Waals surface area contributed by atoms with Crippen LogP contribution in [0.3, 0.4) is 0 Å². The van der Waals surface area contributed by atoms with E-state index in [4.69, 9.17) is 16.0 Å². The highest BCUT2D eigenvalue weighted by atomic mass is 35.5. The lowest BCUT2D eigenvalue weighted by Gasteiger charge is -2.25. The number of halogens is 1. The molecule has 4 aromatic rings. The number of benzene rings is 3. The normalized spacial score (nSPS) is 15.5. The number of fused-ring (bicyclic) bond motifs is 2. The molecule has 0 bridgehead atoms. The number of anilines is 1. The van der Waals surface area contributed by atoms with E-state index in [1.807, 2.05) is 24.3 Å². The van der Waals surface area contributed by atoms with Crippen LogP contribution in [0.25, 0.3) is 11.0 Å². The summed E-state index contributed by atoms with van der Waals surface area (Å²) in [6.45, 7) is 2.06. The lowest BCUT2D eigenvalue weighted by Crippen LogP contribution is -2.29. The number of nitrogens with zero attached hydrogens (tertiary/aromatic N) is 1. The molecule has 3 aromatic carbocycles. The fraction of sp³-hybridized carbons (Fsp3) is 0.120. The third kappa shape index (κ3) is 3.09. The maximum atomic E-state index is 13.5. The molecule has 1 N–H and O–H groups in total. The van der Waals surface area contributed by atoms with Gasteiger partial charge in [0.25, 0.3) is 5.91 Å². The van der Waals surface area contributed by atoms with Crippen LogP contribution in [0.4, 0.5) is 5.69 Å². The second-order valence-electron chi connectivity index (χ2n) is 7.50. The van der Waals surface area contributed by atoms with Crippen molar-refractivity contribution in [1.29, 1.82) is 0 Å². The van der Waals surface area contributed by atoms with E-state index in [2.05, 4.69) is 6.92 Å². The number of rotatable bonds is 3. The predicted octanol–water partition coefficient (Wildman–Crippen LogP) is 5.46. The smallest absolute Gasteiger partial charge is 0.295 e. The molecule has 0 radical (unpaired) electrons. The van der Waals surface area contributed by atoms with Gasteiger partial charge in [0.1, 0.15) is 11.3 Å². The molecule has 0 saturated heterocycles. The number of hydrogen-bond acceptors (Lipinski definition) is 4. The zero-order chi connectivity index (χ0) is 21.7. The zero-order valence-corrected chi connectivity index (χ0v) is 17.4. The van der Waals surface area contributed by atoms with Crippen molar-refractivity contribution in [2.24, 2.45) is 0 Å². The second kappa shape index (κ2) is 7.29. The molecule has 5 nitrogen and oxygen atoms in total. The molecule has 0 aliphatic carbocycles. The molecule has 1 amide bonds. The van der Waals surface area contributed by atoms with E-state index in [1.54, 1.807) is 35.2 Å². The lowest BCUT2D eigenvalue weighted by atomic mass is 9.98. The summed E-state index contributed by atoms with van der Waals surface area (Å²) in [5, 5.41) is 10.5. The van der Waals surface area contributed by atoms with Crippen molar-refractivity contribution in [1.82, 2.24) is 0 Å². The molecular formula is C25H18ClNO4. The fourth-order valence-corrected chi connectivity index (χ4v) is 4.25. The Bertz CT molecular complexity index is 1370. The van der Waals surface area contributed by atoms with Crippen LogP contribution in [0.1, 0.15) is 40.2 Å². The van der Waals surface area contributed by atoms with Gasteiger partial charge in [-0.3, -0.25) is 14.5 Å². The Hall–Kier alpha value is -3.57. The van der Waals surface area contributed by atoms with E-state index < -0.39 is 6.04 Å². The minimum absolute atomic E-state index is 0.0254. The number of phenols is 1. The molecule has 1 atom stereocenters. The van der Waals surface area contributed by atoms with Crippen LogP contribution in [0, 0.1) is 0 Å². The number of carbonyl (C=O) groups is 1. The Balaban J connectivity index is 1.78. The fourth-order valence-electron chi connectivity index (χ4n) is 4.08. The summed E-state index contributed by atoms with van der Waals surface area (Å²) in [6.07, 6.45) is 0.877. The van der Waals surface area contributed by atoms with E-state index in [-0.39, 0.29) is 28.4 Å². The Morgan fingerprint density at radius 2 is 1.71 bits per heavy atom. The Kier molecular flexibility index (Phi) is 4.56. The van der Waals surface area contributed by atoms with Crippen LogP contribution in [0.2, 0.25) is 5.02 Å². The molecule has 2 heterocycles. The summed E-state index contributed by atoms with van der Waals surface area (Å²) in [6, 6.07) is 18.2. The van der Waals surface area contributed by atoms with E-state index in [9.17, 15) is 14.7 Å². The van der Waals surface area contributed by atoms with E-state index in [0.29, 0.717) is 27.2 Å². The number of phenolic OH excluding ortho intramolecular Hbond substituents is 1. The van der Waals surface area contributed by atoms with Crippen LogP contribution in [0.5, 0.6) is 5.75 Å². The molecule has 1 aromatic heterocycles. The minimum Gasteiger partial charge on any atom is -0.508 e. The van der Waals surface area contributed by atoms with Crippen molar-refractivity contribution in [2.45, 2.75) is 19.4 Å². The highest BCUT2D eigenvalue weighted by Crippen LogP contribution is 2.41. The number of hydrogen-bond donors (Lipinski definition) is 1. The summed E-state index contributed by atoms with van der Waals surface area (Å²) < 4.78 is 5.93. The van der Waals surface area contributed by atoms with E-state index >= 15 is 0 Å². The molecule has 1 aliphatic heterocycles. The summed E-state index contributed by atoms with van der Waals surface area (Å²) >= 11 is 6.11. The summed E-state index contributed by atoms with van der Waals surface area (Å²) in [5.41, 5.74) is 2.78. The molecule has 1 aliphatic rings. The second-order valence-corrected chi connectivity index (χ2v) is 7.94. The van der Waals surface area contributed by atoms with Gasteiger partial charge in [0, 0.05) is 10.7 Å². The van der Waals surface area contributed by atoms with Gasteiger partial charge in [-0.2, -0.15) is 0 Å². The predicted molar refractivity (Wildman–Crippen MR) is 120 cm³/mol. The van der Waals surface area contributed by atoms with Crippen LogP contribution in [-0.4, -0.2) is 11.0 Å². The van der Waals surface area contributed by atoms with Gasteiger partial charge in [-0.25, -0.2) is 0 Å². The van der Waals surface area contributed by atoms with Crippen LogP contribution in [-0.2, 0) is 6.42 Å². The van der Waals surface area contributed by atoms with Gasteiger partial charge in [0.15, 0.2) is 5.43 Å². The lowest BCUT2D eigenvalue weighted by molar-refractivity contribution is 0.0971. The summed E-state index contributed by atoms with van der Waals surface area (Å²) in [5.74, 6) is -0.256. The van der Waals surface area contributed by atoms with Crippen LogP contribution >= 0.6 is 11.6 Å². The third-order valence-corrected chi connectivity index (χ3v) is 5.90. The van der Waals surface area contributed by atoms with Crippen molar-refractivity contribution in [3.8, 4) is 5.75 Å². The molecule has 0 spiro atoms. The first kappa shape index (κ1) is 19.4. The SMILES string of the molecule is CCc1ccc(N2C(=O)c3oc4ccc(Cl)cc4c(=O)c3C2c2ccc(O)cc2)cc1. The average molecular weight is 432 g/mol. The van der Waals surface area contributed by atoms with Crippen molar-refractivity contribution < 1.29 is 14.3 Å². The molecule has 1 unspecified atom stereocenters.